The maximum absolute atomic E-state index is 14.2. The third-order valence-corrected chi connectivity index (χ3v) is 8.35. The maximum atomic E-state index is 14.2. The Hall–Kier alpha value is -3.34. The monoisotopic (exact) mass is 610 g/mol. The van der Waals surface area contributed by atoms with Crippen molar-refractivity contribution in [3.8, 4) is 0 Å². The van der Waals surface area contributed by atoms with Crippen molar-refractivity contribution < 1.29 is 13.6 Å². The number of nitrogens with zero attached hydrogens (tertiary/aromatic N) is 3. The molecule has 0 aliphatic rings. The van der Waals surface area contributed by atoms with Crippen molar-refractivity contribution in [1.29, 1.82) is 0 Å². The minimum atomic E-state index is -0.596. The lowest BCUT2D eigenvalue weighted by atomic mass is 9.99. The van der Waals surface area contributed by atoms with E-state index in [1.807, 2.05) is 44.4 Å². The van der Waals surface area contributed by atoms with E-state index in [1.165, 1.54) is 29.5 Å². The predicted molar refractivity (Wildman–Crippen MR) is 156 cm³/mol. The molecule has 2 aromatic carbocycles. The Morgan fingerprint density at radius 2 is 1.95 bits per heavy atom. The molecule has 0 aliphatic heterocycles. The average molecular weight is 612 g/mol. The number of thiophene rings is 1. The Balaban J connectivity index is 1.76. The number of nitrogens with two attached hydrogens (primary N) is 1. The molecule has 0 aliphatic carbocycles. The van der Waals surface area contributed by atoms with E-state index in [4.69, 9.17) is 15.1 Å². The Kier molecular flexibility index (Phi) is 7.70. The molecule has 0 saturated carbocycles. The number of fused-ring (bicyclic) bond motifs is 3. The van der Waals surface area contributed by atoms with Crippen molar-refractivity contribution in [3.05, 3.63) is 96.4 Å². The van der Waals surface area contributed by atoms with Gasteiger partial charge in [-0.05, 0) is 65.2 Å². The first kappa shape index (κ1) is 27.2. The minimum Gasteiger partial charge on any atom is -0.448 e. The van der Waals surface area contributed by atoms with E-state index in [9.17, 15) is 14.0 Å². The fraction of sp³-hybridized carbons (Fsp3) is 0.276. The number of carbonyl (C=O) groups excluding carboxylic acids is 1. The third-order valence-electron chi connectivity index (χ3n) is 6.66. The molecule has 5 aromatic rings. The molecule has 1 amide bonds. The van der Waals surface area contributed by atoms with Crippen LogP contribution in [0.3, 0.4) is 0 Å². The fourth-order valence-electron chi connectivity index (χ4n) is 4.85. The van der Waals surface area contributed by atoms with Crippen LogP contribution in [0.1, 0.15) is 46.5 Å². The summed E-state index contributed by atoms with van der Waals surface area (Å²) in [7, 11) is 0. The van der Waals surface area contributed by atoms with E-state index in [0.29, 0.717) is 22.4 Å². The van der Waals surface area contributed by atoms with Crippen molar-refractivity contribution in [3.63, 3.8) is 0 Å². The Bertz CT molecular complexity index is 1720. The van der Waals surface area contributed by atoms with Gasteiger partial charge in [0.1, 0.15) is 22.7 Å². The molecule has 5 rings (SSSR count). The smallest absolute Gasteiger partial charge is 0.297 e. The van der Waals surface area contributed by atoms with Gasteiger partial charge in [0, 0.05) is 38.8 Å². The molecule has 10 heteroatoms. The van der Waals surface area contributed by atoms with E-state index in [0.717, 1.165) is 14.9 Å². The van der Waals surface area contributed by atoms with E-state index in [1.54, 1.807) is 21.6 Å². The first-order valence-electron chi connectivity index (χ1n) is 12.6. The zero-order valence-electron chi connectivity index (χ0n) is 21.8. The molecule has 0 fully saturated rings. The van der Waals surface area contributed by atoms with Crippen LogP contribution < -0.4 is 11.3 Å². The van der Waals surface area contributed by atoms with Crippen molar-refractivity contribution in [2.75, 3.05) is 13.1 Å². The summed E-state index contributed by atoms with van der Waals surface area (Å²) in [5.41, 5.74) is 7.86. The number of halogens is 2. The summed E-state index contributed by atoms with van der Waals surface area (Å²) >= 11 is 4.99. The molecule has 1 unspecified atom stereocenters. The number of aromatic nitrogens is 2. The van der Waals surface area contributed by atoms with E-state index in [2.05, 4.69) is 15.9 Å². The molecular formula is C29H28BrFN4O3S. The molecular weight excluding hydrogens is 583 g/mol. The highest BCUT2D eigenvalue weighted by Crippen LogP contribution is 2.33. The van der Waals surface area contributed by atoms with Crippen LogP contribution in [0.15, 0.2) is 67.6 Å². The highest BCUT2D eigenvalue weighted by atomic mass is 79.9. The summed E-state index contributed by atoms with van der Waals surface area (Å²) in [6.07, 6.45) is 0. The second-order valence-electron chi connectivity index (χ2n) is 9.85. The standard InChI is InChI=1S/C29H28BrFN4O3S/c1-16(2)25(34(11-10-32)28(36)18-6-4-17(3)5-7-18)27-33-24-22-13-20(31)8-9-23(22)38-26(24)29(37)35(27)14-21-12-19(30)15-39-21/h4-9,12-13,15-16,25H,10-11,14,32H2,1-3H3. The van der Waals surface area contributed by atoms with Crippen LogP contribution >= 0.6 is 27.3 Å². The van der Waals surface area contributed by atoms with Crippen LogP contribution in [0.25, 0.3) is 22.1 Å². The van der Waals surface area contributed by atoms with E-state index in [-0.39, 0.29) is 42.6 Å². The minimum absolute atomic E-state index is 0.0488. The average Bonchev–Trinajstić information content (AvgIpc) is 3.48. The lowest BCUT2D eigenvalue weighted by Gasteiger charge is -2.35. The summed E-state index contributed by atoms with van der Waals surface area (Å²) in [4.78, 5) is 35.4. The van der Waals surface area contributed by atoms with Gasteiger partial charge in [0.2, 0.25) is 5.58 Å². The maximum Gasteiger partial charge on any atom is 0.297 e. The van der Waals surface area contributed by atoms with Gasteiger partial charge in [0.15, 0.2) is 0 Å². The number of aryl methyl sites for hydroxylation is 1. The SMILES string of the molecule is Cc1ccc(C(=O)N(CCN)C(c2nc3c(oc4ccc(F)cc43)c(=O)n2Cc2cc(Br)cs2)C(C)C)cc1. The summed E-state index contributed by atoms with van der Waals surface area (Å²) in [6, 6.07) is 12.8. The largest absolute Gasteiger partial charge is 0.448 e. The second kappa shape index (κ2) is 11.0. The van der Waals surface area contributed by atoms with Gasteiger partial charge in [-0.1, -0.05) is 31.5 Å². The second-order valence-corrected chi connectivity index (χ2v) is 11.8. The van der Waals surface area contributed by atoms with Crippen molar-refractivity contribution in [2.45, 2.75) is 33.4 Å². The Morgan fingerprint density at radius 1 is 1.21 bits per heavy atom. The molecule has 202 valence electrons. The van der Waals surface area contributed by atoms with Gasteiger partial charge < -0.3 is 15.1 Å². The molecule has 2 N–H and O–H groups in total. The van der Waals surface area contributed by atoms with Gasteiger partial charge in [-0.25, -0.2) is 9.37 Å². The lowest BCUT2D eigenvalue weighted by Crippen LogP contribution is -2.43. The number of amides is 1. The van der Waals surface area contributed by atoms with Gasteiger partial charge in [0.05, 0.1) is 12.6 Å². The van der Waals surface area contributed by atoms with Crippen LogP contribution in [-0.4, -0.2) is 33.4 Å². The third kappa shape index (κ3) is 5.28. The van der Waals surface area contributed by atoms with Gasteiger partial charge in [-0.15, -0.1) is 11.3 Å². The summed E-state index contributed by atoms with van der Waals surface area (Å²) < 4.78 is 22.6. The molecule has 39 heavy (non-hydrogen) atoms. The Morgan fingerprint density at radius 3 is 2.59 bits per heavy atom. The molecule has 7 nitrogen and oxygen atoms in total. The summed E-state index contributed by atoms with van der Waals surface area (Å²) in [5.74, 6) is -0.401. The van der Waals surface area contributed by atoms with E-state index < -0.39 is 17.4 Å². The Labute approximate surface area is 237 Å². The fourth-order valence-corrected chi connectivity index (χ4v) is 6.29. The summed E-state index contributed by atoms with van der Waals surface area (Å²) in [5, 5.41) is 2.35. The van der Waals surface area contributed by atoms with Crippen molar-refractivity contribution in [1.82, 2.24) is 14.5 Å². The van der Waals surface area contributed by atoms with Crippen LogP contribution in [0, 0.1) is 18.7 Å². The van der Waals surface area contributed by atoms with Crippen LogP contribution in [0.2, 0.25) is 0 Å². The lowest BCUT2D eigenvalue weighted by molar-refractivity contribution is 0.0612. The highest BCUT2D eigenvalue weighted by Gasteiger charge is 2.33. The van der Waals surface area contributed by atoms with Gasteiger partial charge >= 0.3 is 0 Å². The highest BCUT2D eigenvalue weighted by molar-refractivity contribution is 9.10. The topological polar surface area (TPSA) is 94.4 Å². The number of carbonyl (C=O) groups is 1. The molecule has 3 heterocycles. The number of rotatable bonds is 8. The number of benzene rings is 2. The van der Waals surface area contributed by atoms with Gasteiger partial charge in [0.25, 0.3) is 11.5 Å². The zero-order valence-corrected chi connectivity index (χ0v) is 24.2. The molecule has 0 saturated heterocycles. The quantitative estimate of drug-likeness (QED) is 0.224. The predicted octanol–water partition coefficient (Wildman–Crippen LogP) is 6.26. The molecule has 3 aromatic heterocycles. The van der Waals surface area contributed by atoms with Crippen LogP contribution in [0.5, 0.6) is 0 Å². The molecule has 0 radical (unpaired) electrons. The normalized spacial score (nSPS) is 12.5. The van der Waals surface area contributed by atoms with Gasteiger partial charge in [-0.3, -0.25) is 14.2 Å². The van der Waals surface area contributed by atoms with Crippen molar-refractivity contribution in [2.24, 2.45) is 11.7 Å². The van der Waals surface area contributed by atoms with Gasteiger partial charge in [-0.2, -0.15) is 0 Å². The first-order chi connectivity index (χ1) is 18.7. The molecule has 0 bridgehead atoms. The van der Waals surface area contributed by atoms with Crippen molar-refractivity contribution >= 4 is 55.2 Å². The van der Waals surface area contributed by atoms with Crippen LogP contribution in [-0.2, 0) is 6.54 Å². The number of hydrogen-bond donors (Lipinski definition) is 1. The first-order valence-corrected chi connectivity index (χ1v) is 14.3. The number of furan rings is 1. The number of hydrogen-bond acceptors (Lipinski definition) is 6. The van der Waals surface area contributed by atoms with E-state index >= 15 is 0 Å². The summed E-state index contributed by atoms with van der Waals surface area (Å²) in [6.45, 7) is 6.64. The molecule has 1 atom stereocenters. The molecule has 0 spiro atoms. The van der Waals surface area contributed by atoms with Crippen LogP contribution in [0.4, 0.5) is 4.39 Å². The zero-order chi connectivity index (χ0) is 27.8.